The van der Waals surface area contributed by atoms with Crippen molar-refractivity contribution in [3.8, 4) is 11.8 Å². The lowest BCUT2D eigenvalue weighted by Crippen LogP contribution is -1.77. The molecule has 12 heavy (non-hydrogen) atoms. The normalized spacial score (nSPS) is 9.92. The van der Waals surface area contributed by atoms with Gasteiger partial charge in [-0.15, -0.1) is 0 Å². The summed E-state index contributed by atoms with van der Waals surface area (Å²) in [6, 6.07) is 4.88. The van der Waals surface area contributed by atoms with Crippen LogP contribution in [0.3, 0.4) is 0 Å². The summed E-state index contributed by atoms with van der Waals surface area (Å²) >= 11 is 0. The molecular weight excluding hydrogens is 154 g/mol. The van der Waals surface area contributed by atoms with Gasteiger partial charge in [0.25, 0.3) is 0 Å². The number of nitriles is 1. The molecule has 1 heterocycles. The third kappa shape index (κ3) is 0.805. The number of fused-ring (bicyclic) bond motifs is 1. The van der Waals surface area contributed by atoms with E-state index in [4.69, 9.17) is 10.4 Å². The minimum Gasteiger partial charge on any atom is -0.508 e. The number of H-pyrrole nitrogens is 1. The van der Waals surface area contributed by atoms with Crippen LogP contribution in [0.25, 0.3) is 11.0 Å². The molecule has 4 nitrogen and oxygen atoms in total. The summed E-state index contributed by atoms with van der Waals surface area (Å²) in [5.41, 5.74) is 1.65. The molecule has 0 aliphatic rings. The van der Waals surface area contributed by atoms with Crippen molar-refractivity contribution >= 4 is 11.0 Å². The Morgan fingerprint density at radius 3 is 3.08 bits per heavy atom. The molecule has 0 aliphatic carbocycles. The van der Waals surface area contributed by atoms with Crippen LogP contribution in [0.15, 0.2) is 18.5 Å². The van der Waals surface area contributed by atoms with Crippen LogP contribution in [0.1, 0.15) is 5.56 Å². The lowest BCUT2D eigenvalue weighted by atomic mass is 10.2. The number of aromatic amines is 1. The van der Waals surface area contributed by atoms with Crippen molar-refractivity contribution in [3.05, 3.63) is 24.0 Å². The number of phenols is 1. The van der Waals surface area contributed by atoms with E-state index in [0.717, 1.165) is 0 Å². The van der Waals surface area contributed by atoms with Gasteiger partial charge in [-0.05, 0) is 6.07 Å². The maximum atomic E-state index is 9.16. The van der Waals surface area contributed by atoms with Crippen LogP contribution < -0.4 is 0 Å². The van der Waals surface area contributed by atoms with Crippen molar-refractivity contribution in [3.63, 3.8) is 0 Å². The lowest BCUT2D eigenvalue weighted by Gasteiger charge is -1.93. The van der Waals surface area contributed by atoms with E-state index in [9.17, 15) is 0 Å². The van der Waals surface area contributed by atoms with Gasteiger partial charge >= 0.3 is 0 Å². The predicted molar refractivity (Wildman–Crippen MR) is 42.5 cm³/mol. The van der Waals surface area contributed by atoms with E-state index in [1.165, 1.54) is 18.5 Å². The van der Waals surface area contributed by atoms with E-state index in [-0.39, 0.29) is 5.75 Å². The van der Waals surface area contributed by atoms with Crippen LogP contribution >= 0.6 is 0 Å². The fourth-order valence-corrected chi connectivity index (χ4v) is 1.12. The zero-order chi connectivity index (χ0) is 8.55. The van der Waals surface area contributed by atoms with Gasteiger partial charge in [0.05, 0.1) is 17.4 Å². The Labute approximate surface area is 68.1 Å². The number of hydrogen-bond donors (Lipinski definition) is 2. The highest BCUT2D eigenvalue weighted by Crippen LogP contribution is 2.20. The molecule has 1 aromatic carbocycles. The van der Waals surface area contributed by atoms with Gasteiger partial charge in [0, 0.05) is 6.07 Å². The van der Waals surface area contributed by atoms with Gasteiger partial charge in [-0.3, -0.25) is 0 Å². The Hall–Kier alpha value is -2.02. The summed E-state index contributed by atoms with van der Waals surface area (Å²) < 4.78 is 0. The molecule has 0 bridgehead atoms. The number of rotatable bonds is 0. The second-order valence-corrected chi connectivity index (χ2v) is 2.40. The van der Waals surface area contributed by atoms with Crippen LogP contribution in [0.5, 0.6) is 5.75 Å². The Morgan fingerprint density at radius 2 is 2.33 bits per heavy atom. The second-order valence-electron chi connectivity index (χ2n) is 2.40. The van der Waals surface area contributed by atoms with Crippen molar-refractivity contribution in [2.75, 3.05) is 0 Å². The Balaban J connectivity index is 2.91. The van der Waals surface area contributed by atoms with Gasteiger partial charge in [-0.25, -0.2) is 4.98 Å². The summed E-state index contributed by atoms with van der Waals surface area (Å²) in [5.74, 6) is 0.0725. The first kappa shape index (κ1) is 6.68. The minimum atomic E-state index is 0.0725. The average molecular weight is 159 g/mol. The second kappa shape index (κ2) is 2.24. The smallest absolute Gasteiger partial charge is 0.119 e. The number of nitrogens with one attached hydrogen (secondary N) is 1. The third-order valence-corrected chi connectivity index (χ3v) is 1.63. The van der Waals surface area contributed by atoms with Crippen molar-refractivity contribution in [2.45, 2.75) is 0 Å². The topological polar surface area (TPSA) is 72.7 Å². The number of imidazole rings is 1. The molecule has 0 saturated heterocycles. The van der Waals surface area contributed by atoms with Crippen LogP contribution in [-0.4, -0.2) is 15.1 Å². The average Bonchev–Trinajstić information content (AvgIpc) is 2.50. The SMILES string of the molecule is N#Cc1cc(O)cc2[nH]cnc12. The summed E-state index contributed by atoms with van der Waals surface area (Å²) in [6.45, 7) is 0. The number of phenolic OH excluding ortho intramolecular Hbond substituents is 1. The fraction of sp³-hybridized carbons (Fsp3) is 0. The third-order valence-electron chi connectivity index (χ3n) is 1.63. The molecule has 2 aromatic rings. The van der Waals surface area contributed by atoms with Crippen LogP contribution in [0.2, 0.25) is 0 Å². The van der Waals surface area contributed by atoms with Crippen LogP contribution in [0.4, 0.5) is 0 Å². The van der Waals surface area contributed by atoms with Gasteiger partial charge in [0.2, 0.25) is 0 Å². The Bertz CT molecular complexity index is 467. The molecule has 0 saturated carbocycles. The summed E-state index contributed by atoms with van der Waals surface area (Å²) in [4.78, 5) is 6.75. The summed E-state index contributed by atoms with van der Waals surface area (Å²) in [7, 11) is 0. The maximum Gasteiger partial charge on any atom is 0.119 e. The summed E-state index contributed by atoms with van der Waals surface area (Å²) in [5, 5.41) is 17.8. The quantitative estimate of drug-likeness (QED) is 0.605. The zero-order valence-electron chi connectivity index (χ0n) is 6.07. The van der Waals surface area contributed by atoms with Gasteiger partial charge in [0.1, 0.15) is 17.3 Å². The lowest BCUT2D eigenvalue weighted by molar-refractivity contribution is 0.476. The van der Waals surface area contributed by atoms with E-state index in [1.54, 1.807) is 0 Å². The molecule has 0 fully saturated rings. The molecule has 1 aromatic heterocycles. The Kier molecular flexibility index (Phi) is 1.25. The highest BCUT2D eigenvalue weighted by Gasteiger charge is 2.04. The van der Waals surface area contributed by atoms with Crippen molar-refractivity contribution in [1.82, 2.24) is 9.97 Å². The van der Waals surface area contributed by atoms with Crippen molar-refractivity contribution in [1.29, 1.82) is 5.26 Å². The van der Waals surface area contributed by atoms with E-state index in [0.29, 0.717) is 16.6 Å². The zero-order valence-corrected chi connectivity index (χ0v) is 6.07. The maximum absolute atomic E-state index is 9.16. The van der Waals surface area contributed by atoms with E-state index in [2.05, 4.69) is 9.97 Å². The predicted octanol–water partition coefficient (Wildman–Crippen LogP) is 1.14. The first-order valence-corrected chi connectivity index (χ1v) is 3.37. The highest BCUT2D eigenvalue weighted by molar-refractivity contribution is 5.82. The molecule has 0 aliphatic heterocycles. The molecule has 58 valence electrons. The number of aromatic hydroxyl groups is 1. The largest absolute Gasteiger partial charge is 0.508 e. The first-order chi connectivity index (χ1) is 5.81. The summed E-state index contributed by atoms with van der Waals surface area (Å²) in [6.07, 6.45) is 1.49. The van der Waals surface area contributed by atoms with E-state index < -0.39 is 0 Å². The van der Waals surface area contributed by atoms with Crippen LogP contribution in [-0.2, 0) is 0 Å². The number of benzene rings is 1. The minimum absolute atomic E-state index is 0.0725. The number of aromatic nitrogens is 2. The fourth-order valence-electron chi connectivity index (χ4n) is 1.12. The molecule has 0 spiro atoms. The van der Waals surface area contributed by atoms with Gasteiger partial charge in [-0.2, -0.15) is 5.26 Å². The first-order valence-electron chi connectivity index (χ1n) is 3.37. The standard InChI is InChI=1S/C8H5N3O/c9-3-5-1-6(12)2-7-8(5)11-4-10-7/h1-2,4,12H,(H,10,11). The monoisotopic (exact) mass is 159 g/mol. The molecule has 2 rings (SSSR count). The van der Waals surface area contributed by atoms with Gasteiger partial charge < -0.3 is 10.1 Å². The number of hydrogen-bond acceptors (Lipinski definition) is 3. The van der Waals surface area contributed by atoms with Gasteiger partial charge in [0.15, 0.2) is 0 Å². The molecular formula is C8H5N3O. The van der Waals surface area contributed by atoms with Crippen molar-refractivity contribution in [2.24, 2.45) is 0 Å². The molecule has 0 unspecified atom stereocenters. The highest BCUT2D eigenvalue weighted by atomic mass is 16.3. The molecule has 2 N–H and O–H groups in total. The van der Waals surface area contributed by atoms with Crippen LogP contribution in [0, 0.1) is 11.3 Å². The Morgan fingerprint density at radius 1 is 1.50 bits per heavy atom. The molecule has 0 radical (unpaired) electrons. The van der Waals surface area contributed by atoms with Crippen molar-refractivity contribution < 1.29 is 5.11 Å². The van der Waals surface area contributed by atoms with E-state index in [1.807, 2.05) is 6.07 Å². The van der Waals surface area contributed by atoms with Gasteiger partial charge in [-0.1, -0.05) is 0 Å². The van der Waals surface area contributed by atoms with E-state index >= 15 is 0 Å². The molecule has 0 atom stereocenters. The number of nitrogens with zero attached hydrogens (tertiary/aromatic N) is 2. The molecule has 4 heteroatoms. The molecule has 0 amide bonds.